The van der Waals surface area contributed by atoms with Crippen LogP contribution in [-0.2, 0) is 0 Å². The third kappa shape index (κ3) is 4.57. The number of aromatic nitrogens is 4. The highest BCUT2D eigenvalue weighted by molar-refractivity contribution is 6.10. The highest BCUT2D eigenvalue weighted by Crippen LogP contribution is 2.49. The Bertz CT molecular complexity index is 2640. The van der Waals surface area contributed by atoms with Gasteiger partial charge in [-0.2, -0.15) is 0 Å². The molecule has 0 fully saturated rings. The monoisotopic (exact) mass is 638 g/mol. The number of nitrogens with zero attached hydrogens (tertiary/aromatic N) is 4. The van der Waals surface area contributed by atoms with Gasteiger partial charge in [0.2, 0.25) is 0 Å². The van der Waals surface area contributed by atoms with Crippen LogP contribution in [-0.4, -0.2) is 19.5 Å². The van der Waals surface area contributed by atoms with E-state index in [0.29, 0.717) is 11.6 Å². The normalized spacial score (nSPS) is 13.4. The van der Waals surface area contributed by atoms with Crippen molar-refractivity contribution in [2.24, 2.45) is 0 Å². The lowest BCUT2D eigenvalue weighted by Gasteiger charge is -2.15. The summed E-state index contributed by atoms with van der Waals surface area (Å²) in [5.41, 5.74) is 12.8. The molecule has 50 heavy (non-hydrogen) atoms. The van der Waals surface area contributed by atoms with Crippen molar-refractivity contribution in [1.82, 2.24) is 19.5 Å². The van der Waals surface area contributed by atoms with Crippen molar-refractivity contribution in [3.05, 3.63) is 193 Å². The summed E-state index contributed by atoms with van der Waals surface area (Å²) in [4.78, 5) is 15.3. The van der Waals surface area contributed by atoms with Crippen molar-refractivity contribution in [3.63, 3.8) is 0 Å². The summed E-state index contributed by atoms with van der Waals surface area (Å²) in [6.07, 6.45) is 0. The smallest absolute Gasteiger partial charge is 0.163 e. The lowest BCUT2D eigenvalue weighted by Crippen LogP contribution is -2.09. The van der Waals surface area contributed by atoms with E-state index in [0.717, 1.165) is 22.6 Å². The van der Waals surface area contributed by atoms with E-state index in [1.807, 2.05) is 36.4 Å². The number of benzene rings is 7. The van der Waals surface area contributed by atoms with E-state index in [9.17, 15) is 0 Å². The number of rotatable bonds is 5. The van der Waals surface area contributed by atoms with Gasteiger partial charge in [0, 0.05) is 27.6 Å². The van der Waals surface area contributed by atoms with Gasteiger partial charge in [-0.15, -0.1) is 0 Å². The first-order valence-corrected chi connectivity index (χ1v) is 17.0. The molecule has 1 aliphatic carbocycles. The topological polar surface area (TPSA) is 43.6 Å². The second kappa shape index (κ2) is 11.5. The highest BCUT2D eigenvalue weighted by atomic mass is 15.0. The minimum atomic E-state index is -0.116. The van der Waals surface area contributed by atoms with E-state index in [2.05, 4.69) is 144 Å². The predicted octanol–water partition coefficient (Wildman–Crippen LogP) is 11.1. The van der Waals surface area contributed by atoms with Crippen LogP contribution in [0.3, 0.4) is 0 Å². The van der Waals surface area contributed by atoms with Gasteiger partial charge in [0.25, 0.3) is 0 Å². The third-order valence-corrected chi connectivity index (χ3v) is 9.92. The molecular weight excluding hydrogens is 609 g/mol. The second-order valence-electron chi connectivity index (χ2n) is 12.8. The van der Waals surface area contributed by atoms with Crippen molar-refractivity contribution in [3.8, 4) is 50.7 Å². The molecule has 0 saturated carbocycles. The van der Waals surface area contributed by atoms with E-state index in [-0.39, 0.29) is 5.92 Å². The first-order valence-electron chi connectivity index (χ1n) is 17.0. The molecule has 234 valence electrons. The van der Waals surface area contributed by atoms with Gasteiger partial charge in [-0.1, -0.05) is 140 Å². The molecule has 10 rings (SSSR count). The van der Waals surface area contributed by atoms with Gasteiger partial charge < -0.3 is 4.57 Å². The van der Waals surface area contributed by atoms with Crippen molar-refractivity contribution >= 4 is 21.8 Å². The quantitative estimate of drug-likeness (QED) is 0.188. The lowest BCUT2D eigenvalue weighted by molar-refractivity contribution is 0.856. The fourth-order valence-electron chi connectivity index (χ4n) is 7.62. The number of hydrogen-bond donors (Lipinski definition) is 0. The van der Waals surface area contributed by atoms with Crippen LogP contribution in [0.4, 0.5) is 0 Å². The molecule has 0 amide bonds. The molecule has 1 unspecified atom stereocenters. The van der Waals surface area contributed by atoms with Gasteiger partial charge in [-0.3, -0.25) is 0 Å². The summed E-state index contributed by atoms with van der Waals surface area (Å²) in [7, 11) is 0. The first-order chi connectivity index (χ1) is 24.8. The Morgan fingerprint density at radius 3 is 1.68 bits per heavy atom. The van der Waals surface area contributed by atoms with E-state index in [1.165, 1.54) is 55.2 Å². The molecule has 4 nitrogen and oxygen atoms in total. The highest BCUT2D eigenvalue weighted by Gasteiger charge is 2.33. The second-order valence-corrected chi connectivity index (χ2v) is 12.8. The number of para-hydroxylation sites is 2. The van der Waals surface area contributed by atoms with Gasteiger partial charge in [0.15, 0.2) is 11.6 Å². The summed E-state index contributed by atoms with van der Waals surface area (Å²) in [5, 5.41) is 2.49. The average molecular weight is 639 g/mol. The maximum atomic E-state index is 5.16. The summed E-state index contributed by atoms with van der Waals surface area (Å²) in [6, 6.07) is 62.1. The van der Waals surface area contributed by atoms with Crippen LogP contribution in [0.15, 0.2) is 176 Å². The van der Waals surface area contributed by atoms with E-state index >= 15 is 0 Å². The van der Waals surface area contributed by atoms with Crippen LogP contribution in [0.25, 0.3) is 72.5 Å². The Morgan fingerprint density at radius 1 is 0.380 bits per heavy atom. The summed E-state index contributed by atoms with van der Waals surface area (Å²) in [5.74, 6) is 2.00. The summed E-state index contributed by atoms with van der Waals surface area (Å²) < 4.78 is 2.36. The first kappa shape index (κ1) is 28.4. The molecule has 4 heteroatoms. The molecular formula is C46H30N4. The molecule has 9 aromatic rings. The molecule has 1 aliphatic rings. The largest absolute Gasteiger partial charge is 0.309 e. The fraction of sp³-hybridized carbons (Fsp3) is 0.0217. The SMILES string of the molecule is c1ccc(-c2nc(-c3ccccc3)nc(C3c4ccccc4-c4cc(-c5ccc6c(c5)c5ccccc5n6-c5ccccc5)ccc43)n2)cc1. The van der Waals surface area contributed by atoms with Crippen LogP contribution >= 0.6 is 0 Å². The van der Waals surface area contributed by atoms with Crippen LogP contribution in [0, 0.1) is 0 Å². The molecule has 0 aliphatic heterocycles. The Balaban J connectivity index is 1.13. The Morgan fingerprint density at radius 2 is 0.940 bits per heavy atom. The van der Waals surface area contributed by atoms with Crippen LogP contribution in [0.1, 0.15) is 22.9 Å². The molecule has 0 N–H and O–H groups in total. The summed E-state index contributed by atoms with van der Waals surface area (Å²) >= 11 is 0. The van der Waals surface area contributed by atoms with Gasteiger partial charge in [0.05, 0.1) is 17.0 Å². The molecule has 0 bridgehead atoms. The van der Waals surface area contributed by atoms with Gasteiger partial charge in [-0.25, -0.2) is 15.0 Å². The molecule has 0 radical (unpaired) electrons. The zero-order chi connectivity index (χ0) is 33.0. The van der Waals surface area contributed by atoms with Gasteiger partial charge >= 0.3 is 0 Å². The van der Waals surface area contributed by atoms with Crippen molar-refractivity contribution in [2.45, 2.75) is 5.92 Å². The predicted molar refractivity (Wildman–Crippen MR) is 203 cm³/mol. The van der Waals surface area contributed by atoms with Gasteiger partial charge in [-0.05, 0) is 69.8 Å². The van der Waals surface area contributed by atoms with Crippen molar-refractivity contribution < 1.29 is 0 Å². The Kier molecular flexibility index (Phi) is 6.53. The fourth-order valence-corrected chi connectivity index (χ4v) is 7.62. The van der Waals surface area contributed by atoms with Crippen LogP contribution < -0.4 is 0 Å². The van der Waals surface area contributed by atoms with E-state index in [4.69, 9.17) is 15.0 Å². The molecule has 0 spiro atoms. The Labute approximate surface area is 290 Å². The van der Waals surface area contributed by atoms with Crippen LogP contribution in [0.2, 0.25) is 0 Å². The van der Waals surface area contributed by atoms with Gasteiger partial charge in [0.1, 0.15) is 5.82 Å². The molecule has 2 aromatic heterocycles. The zero-order valence-electron chi connectivity index (χ0n) is 27.1. The molecule has 1 atom stereocenters. The third-order valence-electron chi connectivity index (χ3n) is 9.92. The maximum Gasteiger partial charge on any atom is 0.163 e. The number of fused-ring (bicyclic) bond motifs is 6. The van der Waals surface area contributed by atoms with Crippen LogP contribution in [0.5, 0.6) is 0 Å². The van der Waals surface area contributed by atoms with E-state index < -0.39 is 0 Å². The van der Waals surface area contributed by atoms with Crippen molar-refractivity contribution in [1.29, 1.82) is 0 Å². The average Bonchev–Trinajstić information content (AvgIpc) is 3.71. The zero-order valence-corrected chi connectivity index (χ0v) is 27.1. The molecule has 7 aromatic carbocycles. The molecule has 2 heterocycles. The standard InChI is InChI=1S/C46H30N4/c1-4-14-30(15-5-1)44-47-45(31-16-6-2-7-17-31)49-46(48-44)43-37-22-11-10-20-35(37)39-28-32(24-26-38(39)43)33-25-27-42-40(29-33)36-21-12-13-23-41(36)50(42)34-18-8-3-9-19-34/h1-29,43H. The van der Waals surface area contributed by atoms with E-state index in [1.54, 1.807) is 0 Å². The minimum absolute atomic E-state index is 0.116. The lowest BCUT2D eigenvalue weighted by atomic mass is 9.93. The maximum absolute atomic E-state index is 5.16. The summed E-state index contributed by atoms with van der Waals surface area (Å²) in [6.45, 7) is 0. The minimum Gasteiger partial charge on any atom is -0.309 e. The Hall–Kier alpha value is -6.65. The van der Waals surface area contributed by atoms with Crippen molar-refractivity contribution in [2.75, 3.05) is 0 Å². The molecule has 0 saturated heterocycles. The number of hydrogen-bond acceptors (Lipinski definition) is 3.